The lowest BCUT2D eigenvalue weighted by Crippen LogP contribution is -2.22. The number of carbonyl (C=O) groups excluding carboxylic acids is 1. The molecule has 0 aromatic carbocycles. The maximum absolute atomic E-state index is 11.4. The van der Waals surface area contributed by atoms with E-state index in [0.717, 1.165) is 20.3 Å². The van der Waals surface area contributed by atoms with Crippen molar-refractivity contribution in [2.24, 2.45) is 0 Å². The van der Waals surface area contributed by atoms with E-state index in [4.69, 9.17) is 9.63 Å². The van der Waals surface area contributed by atoms with Crippen LogP contribution in [-0.2, 0) is 22.9 Å². The molecule has 1 amide bonds. The number of phosphoric acid groups is 1. The normalized spacial score (nSPS) is 12.4. The number of amides is 1. The van der Waals surface area contributed by atoms with E-state index < -0.39 is 20.5 Å². The Bertz CT molecular complexity index is 281. The van der Waals surface area contributed by atoms with Gasteiger partial charge in [-0.2, -0.15) is 0 Å². The number of hydrogen-bond donors (Lipinski definition) is 2. The van der Waals surface area contributed by atoms with Crippen LogP contribution in [0.2, 0.25) is 0 Å². The van der Waals surface area contributed by atoms with Crippen molar-refractivity contribution in [2.45, 2.75) is 6.92 Å². The van der Waals surface area contributed by atoms with Gasteiger partial charge in [0.05, 0.1) is 0 Å². The Kier molecular flexibility index (Phi) is 6.19. The molecule has 0 aliphatic heterocycles. The van der Waals surface area contributed by atoms with Gasteiger partial charge in [-0.15, -0.1) is 0 Å². The first kappa shape index (κ1) is 14.1. The Balaban J connectivity index is 4.40. The second-order valence-corrected chi connectivity index (χ2v) is 4.17. The zero-order chi connectivity index (χ0) is 11.9. The second-order valence-electron chi connectivity index (χ2n) is 2.36. The minimum absolute atomic E-state index is 0.0491. The minimum Gasteiger partial charge on any atom is -0.409 e. The van der Waals surface area contributed by atoms with Crippen molar-refractivity contribution < 1.29 is 28.0 Å². The highest BCUT2D eigenvalue weighted by molar-refractivity contribution is 7.48. The Morgan fingerprint density at radius 3 is 2.40 bits per heavy atom. The van der Waals surface area contributed by atoms with Crippen LogP contribution in [0.4, 0.5) is 0 Å². The fraction of sp³-hybridized carbons (Fsp3) is 0.571. The zero-order valence-corrected chi connectivity index (χ0v) is 9.61. The fourth-order valence-electron chi connectivity index (χ4n) is 0.665. The number of carbonyl (C=O) groups is 1. The molecule has 0 aliphatic carbocycles. The standard InChI is InChI=1S/C7H14NO6P/c1-6(4-7(10)8-5-9)14-15(11,12-2)13-3/h4,9H,5H2,1-3H3,(H,8,10)/b6-4+. The summed E-state index contributed by atoms with van der Waals surface area (Å²) >= 11 is 0. The van der Waals surface area contributed by atoms with Gasteiger partial charge in [0.25, 0.3) is 0 Å². The summed E-state index contributed by atoms with van der Waals surface area (Å²) in [5.74, 6) is -0.526. The van der Waals surface area contributed by atoms with E-state index in [-0.39, 0.29) is 5.76 Å². The molecular formula is C7H14NO6P. The van der Waals surface area contributed by atoms with Crippen molar-refractivity contribution in [3.8, 4) is 0 Å². The Morgan fingerprint density at radius 2 is 2.00 bits per heavy atom. The maximum atomic E-state index is 11.4. The molecule has 8 heteroatoms. The number of aliphatic hydroxyl groups excluding tert-OH is 1. The third kappa shape index (κ3) is 5.54. The lowest BCUT2D eigenvalue weighted by atomic mass is 10.4. The van der Waals surface area contributed by atoms with Crippen LogP contribution in [0.3, 0.4) is 0 Å². The molecule has 0 aromatic heterocycles. The summed E-state index contributed by atoms with van der Waals surface area (Å²) in [5.41, 5.74) is 0. The minimum atomic E-state index is -3.62. The largest absolute Gasteiger partial charge is 0.529 e. The van der Waals surface area contributed by atoms with Crippen LogP contribution in [-0.4, -0.2) is 32.0 Å². The molecule has 15 heavy (non-hydrogen) atoms. The molecule has 0 atom stereocenters. The third-order valence-electron chi connectivity index (χ3n) is 1.29. The lowest BCUT2D eigenvalue weighted by molar-refractivity contribution is -0.117. The number of aliphatic hydroxyl groups is 1. The van der Waals surface area contributed by atoms with E-state index in [1.807, 2.05) is 0 Å². The Labute approximate surface area is 87.6 Å². The predicted molar refractivity (Wildman–Crippen MR) is 51.7 cm³/mol. The topological polar surface area (TPSA) is 94.1 Å². The number of allylic oxidation sites excluding steroid dienone is 1. The number of nitrogens with one attached hydrogen (secondary N) is 1. The molecule has 0 saturated heterocycles. The number of hydrogen-bond acceptors (Lipinski definition) is 6. The van der Waals surface area contributed by atoms with Crippen molar-refractivity contribution >= 4 is 13.7 Å². The molecule has 7 nitrogen and oxygen atoms in total. The quantitative estimate of drug-likeness (QED) is 0.301. The zero-order valence-electron chi connectivity index (χ0n) is 8.72. The number of rotatable bonds is 6. The summed E-state index contributed by atoms with van der Waals surface area (Å²) in [5, 5.41) is 10.5. The van der Waals surface area contributed by atoms with Crippen LogP contribution in [0.1, 0.15) is 6.92 Å². The van der Waals surface area contributed by atoms with Gasteiger partial charge in [0, 0.05) is 20.3 Å². The smallest absolute Gasteiger partial charge is 0.409 e. The van der Waals surface area contributed by atoms with Crippen molar-refractivity contribution in [1.82, 2.24) is 5.32 Å². The van der Waals surface area contributed by atoms with E-state index in [1.165, 1.54) is 6.92 Å². The van der Waals surface area contributed by atoms with Gasteiger partial charge < -0.3 is 14.9 Å². The second kappa shape index (κ2) is 6.58. The first-order valence-corrected chi connectivity index (χ1v) is 5.41. The Morgan fingerprint density at radius 1 is 1.47 bits per heavy atom. The third-order valence-corrected chi connectivity index (χ3v) is 2.70. The molecule has 0 heterocycles. The first-order chi connectivity index (χ1) is 6.97. The summed E-state index contributed by atoms with van der Waals surface area (Å²) in [7, 11) is -1.31. The average Bonchev–Trinajstić information content (AvgIpc) is 2.17. The van der Waals surface area contributed by atoms with Crippen molar-refractivity contribution in [3.05, 3.63) is 11.8 Å². The summed E-state index contributed by atoms with van der Waals surface area (Å²) in [4.78, 5) is 10.9. The van der Waals surface area contributed by atoms with E-state index in [9.17, 15) is 9.36 Å². The van der Waals surface area contributed by atoms with Crippen molar-refractivity contribution in [1.29, 1.82) is 0 Å². The van der Waals surface area contributed by atoms with Crippen LogP contribution in [0.5, 0.6) is 0 Å². The first-order valence-electron chi connectivity index (χ1n) is 3.95. The molecule has 0 rings (SSSR count). The average molecular weight is 239 g/mol. The molecular weight excluding hydrogens is 225 g/mol. The van der Waals surface area contributed by atoms with Gasteiger partial charge in [-0.25, -0.2) is 4.57 Å². The van der Waals surface area contributed by atoms with Gasteiger partial charge in [0.2, 0.25) is 5.91 Å². The van der Waals surface area contributed by atoms with Gasteiger partial charge in [-0.3, -0.25) is 13.8 Å². The Hall–Kier alpha value is -0.880. The SMILES string of the molecule is COP(=O)(OC)O/C(C)=C/C(=O)NCO. The molecule has 2 N–H and O–H groups in total. The summed E-state index contributed by atoms with van der Waals surface area (Å²) in [6.07, 6.45) is 1.01. The molecule has 88 valence electrons. The van der Waals surface area contributed by atoms with Gasteiger partial charge in [0.15, 0.2) is 0 Å². The van der Waals surface area contributed by atoms with Gasteiger partial charge in [-0.05, 0) is 6.92 Å². The number of phosphoric ester groups is 1. The summed E-state index contributed by atoms with van der Waals surface area (Å²) in [6.45, 7) is 0.913. The van der Waals surface area contributed by atoms with Crippen LogP contribution < -0.4 is 5.32 Å². The highest BCUT2D eigenvalue weighted by Crippen LogP contribution is 2.49. The van der Waals surface area contributed by atoms with E-state index >= 15 is 0 Å². The molecule has 0 aromatic rings. The summed E-state index contributed by atoms with van der Waals surface area (Å²) < 4.78 is 25.2. The molecule has 0 spiro atoms. The highest BCUT2D eigenvalue weighted by atomic mass is 31.2. The molecule has 0 aliphatic rings. The molecule has 0 unspecified atom stereocenters. The lowest BCUT2D eigenvalue weighted by Gasteiger charge is -2.14. The van der Waals surface area contributed by atoms with Crippen LogP contribution >= 0.6 is 7.82 Å². The van der Waals surface area contributed by atoms with Crippen LogP contribution in [0.25, 0.3) is 0 Å². The van der Waals surface area contributed by atoms with Crippen molar-refractivity contribution in [2.75, 3.05) is 21.0 Å². The fourth-order valence-corrected chi connectivity index (χ4v) is 1.37. The van der Waals surface area contributed by atoms with Crippen molar-refractivity contribution in [3.63, 3.8) is 0 Å². The van der Waals surface area contributed by atoms with Gasteiger partial charge in [-0.1, -0.05) is 0 Å². The maximum Gasteiger partial charge on any atom is 0.529 e. The monoisotopic (exact) mass is 239 g/mol. The van der Waals surface area contributed by atoms with Crippen LogP contribution in [0, 0.1) is 0 Å². The summed E-state index contributed by atoms with van der Waals surface area (Å²) in [6, 6.07) is 0. The molecule has 0 fully saturated rings. The van der Waals surface area contributed by atoms with Gasteiger partial charge in [0.1, 0.15) is 12.5 Å². The van der Waals surface area contributed by atoms with E-state index in [2.05, 4.69) is 14.4 Å². The molecule has 0 radical (unpaired) electrons. The molecule has 0 bridgehead atoms. The van der Waals surface area contributed by atoms with Crippen LogP contribution in [0.15, 0.2) is 11.8 Å². The van der Waals surface area contributed by atoms with Gasteiger partial charge >= 0.3 is 7.82 Å². The van der Waals surface area contributed by atoms with E-state index in [0.29, 0.717) is 0 Å². The van der Waals surface area contributed by atoms with E-state index in [1.54, 1.807) is 0 Å². The predicted octanol–water partition coefficient (Wildman–Crippen LogP) is 0.374. The molecule has 0 saturated carbocycles. The highest BCUT2D eigenvalue weighted by Gasteiger charge is 2.24.